The van der Waals surface area contributed by atoms with E-state index in [4.69, 9.17) is 9.47 Å². The van der Waals surface area contributed by atoms with Gasteiger partial charge in [0.25, 0.3) is 0 Å². The molecule has 0 aliphatic rings. The van der Waals surface area contributed by atoms with Gasteiger partial charge in [0.2, 0.25) is 5.91 Å². The van der Waals surface area contributed by atoms with Crippen LogP contribution in [0.4, 0.5) is 15.8 Å². The summed E-state index contributed by atoms with van der Waals surface area (Å²) in [7, 11) is 1.33. The second-order valence-corrected chi connectivity index (χ2v) is 9.89. The van der Waals surface area contributed by atoms with Crippen LogP contribution in [-0.4, -0.2) is 44.0 Å². The van der Waals surface area contributed by atoms with Gasteiger partial charge in [-0.3, -0.25) is 9.59 Å². The van der Waals surface area contributed by atoms with Crippen LogP contribution in [0.1, 0.15) is 41.3 Å². The van der Waals surface area contributed by atoms with Gasteiger partial charge in [-0.1, -0.05) is 67.6 Å². The Hall–Kier alpha value is -4.98. The number of anilines is 2. The number of carbonyl (C=O) groups excluding carboxylic acids is 3. The van der Waals surface area contributed by atoms with E-state index in [1.165, 1.54) is 19.2 Å². The summed E-state index contributed by atoms with van der Waals surface area (Å²) in [6.45, 7) is 2.53. The Morgan fingerprint density at radius 2 is 1.60 bits per heavy atom. The Balaban J connectivity index is 1.36. The number of nitrogens with one attached hydrogen (secondary N) is 1. The monoisotopic (exact) mass is 582 g/mol. The molecular weight excluding hydrogens is 547 g/mol. The summed E-state index contributed by atoms with van der Waals surface area (Å²) in [5, 5.41) is 3.21. The van der Waals surface area contributed by atoms with E-state index in [-0.39, 0.29) is 11.7 Å². The number of esters is 1. The van der Waals surface area contributed by atoms with Crippen molar-refractivity contribution in [3.8, 4) is 5.75 Å². The summed E-state index contributed by atoms with van der Waals surface area (Å²) >= 11 is 0. The van der Waals surface area contributed by atoms with Gasteiger partial charge in [0, 0.05) is 41.9 Å². The first kappa shape index (κ1) is 31.0. The molecule has 0 spiro atoms. The molecule has 8 heteroatoms. The van der Waals surface area contributed by atoms with Gasteiger partial charge in [-0.15, -0.1) is 0 Å². The molecule has 0 fully saturated rings. The third kappa shape index (κ3) is 8.52. The highest BCUT2D eigenvalue weighted by Gasteiger charge is 2.23. The van der Waals surface area contributed by atoms with E-state index in [0.717, 1.165) is 5.56 Å². The molecule has 0 aliphatic carbocycles. The number of hydrogen-bond acceptors (Lipinski definition) is 6. The number of rotatable bonds is 14. The third-order valence-corrected chi connectivity index (χ3v) is 6.90. The van der Waals surface area contributed by atoms with E-state index in [9.17, 15) is 18.8 Å². The molecule has 43 heavy (non-hydrogen) atoms. The van der Waals surface area contributed by atoms with Crippen molar-refractivity contribution in [1.82, 2.24) is 0 Å². The molecule has 0 saturated carbocycles. The number of para-hydroxylation sites is 1. The number of hydrogen-bond donors (Lipinski definition) is 1. The van der Waals surface area contributed by atoms with Crippen LogP contribution in [0.3, 0.4) is 0 Å². The van der Waals surface area contributed by atoms with Gasteiger partial charge in [0.05, 0.1) is 13.7 Å². The molecule has 1 atom stereocenters. The number of nitrogens with zero attached hydrogens (tertiary/aromatic N) is 1. The molecule has 0 bridgehead atoms. The maximum atomic E-state index is 13.7. The van der Waals surface area contributed by atoms with Crippen molar-refractivity contribution in [3.63, 3.8) is 0 Å². The minimum Gasteiger partial charge on any atom is -0.494 e. The first-order valence-corrected chi connectivity index (χ1v) is 14.2. The fourth-order valence-electron chi connectivity index (χ4n) is 4.68. The molecule has 0 aliphatic heterocycles. The molecule has 4 aromatic rings. The van der Waals surface area contributed by atoms with Crippen molar-refractivity contribution >= 4 is 29.0 Å². The maximum absolute atomic E-state index is 13.7. The van der Waals surface area contributed by atoms with Gasteiger partial charge in [0.1, 0.15) is 17.6 Å². The normalized spacial score (nSPS) is 11.3. The van der Waals surface area contributed by atoms with Crippen molar-refractivity contribution < 1.29 is 28.2 Å². The lowest BCUT2D eigenvalue weighted by Gasteiger charge is -2.22. The predicted molar refractivity (Wildman–Crippen MR) is 165 cm³/mol. The molecule has 4 aromatic carbocycles. The standard InChI is InChI=1S/C35H35FN2O5/c1-3-33(39)38(28-14-9-13-27(36)24-28)21-10-22-43-29-19-17-25(18-20-29)23-32(35(41)42-2)37-31-16-8-7-15-30(31)34(40)26-11-5-4-6-12-26/h4-9,11-20,24,32,37H,3,10,21-23H2,1-2H3/t32-/m0/s1. The zero-order valence-corrected chi connectivity index (χ0v) is 24.3. The largest absolute Gasteiger partial charge is 0.494 e. The van der Waals surface area contributed by atoms with E-state index >= 15 is 0 Å². The molecule has 0 saturated heterocycles. The number of carbonyl (C=O) groups is 3. The van der Waals surface area contributed by atoms with E-state index < -0.39 is 17.8 Å². The smallest absolute Gasteiger partial charge is 0.328 e. The number of ketones is 1. The number of methoxy groups -OCH3 is 1. The van der Waals surface area contributed by atoms with Gasteiger partial charge in [-0.05, 0) is 54.4 Å². The second-order valence-electron chi connectivity index (χ2n) is 9.89. The zero-order valence-electron chi connectivity index (χ0n) is 24.3. The van der Waals surface area contributed by atoms with Crippen molar-refractivity contribution in [2.75, 3.05) is 30.5 Å². The molecular formula is C35H35FN2O5. The summed E-state index contributed by atoms with van der Waals surface area (Å²) in [5.74, 6) is -0.434. The number of benzene rings is 4. The van der Waals surface area contributed by atoms with Crippen LogP contribution >= 0.6 is 0 Å². The fraction of sp³-hybridized carbons (Fsp3) is 0.229. The molecule has 1 amide bonds. The number of amides is 1. The van der Waals surface area contributed by atoms with Crippen molar-refractivity contribution in [1.29, 1.82) is 0 Å². The summed E-state index contributed by atoms with van der Waals surface area (Å²) in [6, 6.07) is 28.7. The Kier molecular flexibility index (Phi) is 11.0. The number of ether oxygens (including phenoxy) is 2. The van der Waals surface area contributed by atoms with Crippen LogP contribution in [0.2, 0.25) is 0 Å². The molecule has 4 rings (SSSR count). The van der Waals surface area contributed by atoms with E-state index in [0.29, 0.717) is 60.7 Å². The fourth-order valence-corrected chi connectivity index (χ4v) is 4.68. The Morgan fingerprint density at radius 3 is 2.30 bits per heavy atom. The van der Waals surface area contributed by atoms with Crippen LogP contribution in [-0.2, 0) is 20.7 Å². The highest BCUT2D eigenvalue weighted by Crippen LogP contribution is 2.23. The molecule has 7 nitrogen and oxygen atoms in total. The van der Waals surface area contributed by atoms with Crippen LogP contribution in [0.5, 0.6) is 5.75 Å². The van der Waals surface area contributed by atoms with E-state index in [1.54, 1.807) is 60.4 Å². The van der Waals surface area contributed by atoms with Crippen molar-refractivity contribution in [2.24, 2.45) is 0 Å². The summed E-state index contributed by atoms with van der Waals surface area (Å²) in [6.07, 6.45) is 1.19. The molecule has 0 aromatic heterocycles. The summed E-state index contributed by atoms with van der Waals surface area (Å²) in [4.78, 5) is 39.9. The lowest BCUT2D eigenvalue weighted by molar-refractivity contribution is -0.141. The van der Waals surface area contributed by atoms with Gasteiger partial charge < -0.3 is 19.7 Å². The number of halogens is 1. The average Bonchev–Trinajstić information content (AvgIpc) is 3.04. The lowest BCUT2D eigenvalue weighted by Crippen LogP contribution is -2.33. The first-order valence-electron chi connectivity index (χ1n) is 14.2. The highest BCUT2D eigenvalue weighted by atomic mass is 19.1. The molecule has 0 unspecified atom stereocenters. The SMILES string of the molecule is CCC(=O)N(CCCOc1ccc(C[C@H](Nc2ccccc2C(=O)c2ccccc2)C(=O)OC)cc1)c1cccc(F)c1. The molecule has 0 radical (unpaired) electrons. The highest BCUT2D eigenvalue weighted by molar-refractivity contribution is 6.12. The molecule has 222 valence electrons. The zero-order chi connectivity index (χ0) is 30.6. The Morgan fingerprint density at radius 1 is 0.884 bits per heavy atom. The van der Waals surface area contributed by atoms with E-state index in [1.807, 2.05) is 42.5 Å². The Bertz CT molecular complexity index is 1530. The lowest BCUT2D eigenvalue weighted by atomic mass is 10.00. The minimum absolute atomic E-state index is 0.0872. The van der Waals surface area contributed by atoms with Crippen molar-refractivity contribution in [3.05, 3.63) is 126 Å². The van der Waals surface area contributed by atoms with E-state index in [2.05, 4.69) is 5.32 Å². The topological polar surface area (TPSA) is 84.9 Å². The van der Waals surface area contributed by atoms with Gasteiger partial charge in [0.15, 0.2) is 5.78 Å². The Labute approximate surface area is 251 Å². The summed E-state index contributed by atoms with van der Waals surface area (Å²) < 4.78 is 24.6. The van der Waals surface area contributed by atoms with Crippen LogP contribution in [0, 0.1) is 5.82 Å². The van der Waals surface area contributed by atoms with Gasteiger partial charge in [-0.25, -0.2) is 9.18 Å². The minimum atomic E-state index is -0.730. The van der Waals surface area contributed by atoms with Gasteiger partial charge in [-0.2, -0.15) is 0 Å². The molecule has 0 heterocycles. The average molecular weight is 583 g/mol. The quantitative estimate of drug-likeness (QED) is 0.104. The molecule has 1 N–H and O–H groups in total. The summed E-state index contributed by atoms with van der Waals surface area (Å²) in [5.41, 5.74) is 2.95. The maximum Gasteiger partial charge on any atom is 0.328 e. The van der Waals surface area contributed by atoms with Crippen molar-refractivity contribution in [2.45, 2.75) is 32.2 Å². The van der Waals surface area contributed by atoms with Crippen LogP contribution in [0.15, 0.2) is 103 Å². The third-order valence-electron chi connectivity index (χ3n) is 6.90. The van der Waals surface area contributed by atoms with Gasteiger partial charge >= 0.3 is 5.97 Å². The van der Waals surface area contributed by atoms with Crippen LogP contribution in [0.25, 0.3) is 0 Å². The second kappa shape index (κ2) is 15.3. The van der Waals surface area contributed by atoms with Crippen LogP contribution < -0.4 is 15.0 Å². The predicted octanol–water partition coefficient (Wildman–Crippen LogP) is 6.47. The first-order chi connectivity index (χ1) is 20.9.